The van der Waals surface area contributed by atoms with Crippen molar-refractivity contribution in [2.24, 2.45) is 0 Å². The number of nitrogens with zero attached hydrogens (tertiary/aromatic N) is 2. The first-order chi connectivity index (χ1) is 8.66. The van der Waals surface area contributed by atoms with Crippen LogP contribution in [0, 0.1) is 13.7 Å². The van der Waals surface area contributed by atoms with Crippen molar-refractivity contribution in [1.82, 2.24) is 4.98 Å². The highest BCUT2D eigenvalue weighted by Gasteiger charge is 2.08. The molecule has 0 atom stereocenters. The molecule has 0 spiro atoms. The molecule has 0 bridgehead atoms. The maximum Gasteiger partial charge on any atom is 0.270 e. The summed E-state index contributed by atoms with van der Waals surface area (Å²) < 4.78 is 0.829. The second-order valence-electron chi connectivity index (χ2n) is 3.63. The summed E-state index contributed by atoms with van der Waals surface area (Å²) in [6.45, 7) is 0.663. The lowest BCUT2D eigenvalue weighted by molar-refractivity contribution is -0.384. The first-order valence-electron chi connectivity index (χ1n) is 5.23. The Labute approximate surface area is 118 Å². The van der Waals surface area contributed by atoms with E-state index in [4.69, 9.17) is 0 Å². The average Bonchev–Trinajstić information content (AvgIpc) is 2.38. The smallest absolute Gasteiger partial charge is 0.270 e. The number of nitro benzene ring substituents is 1. The molecule has 2 aromatic rings. The van der Waals surface area contributed by atoms with Gasteiger partial charge in [0.2, 0.25) is 0 Å². The van der Waals surface area contributed by atoms with Gasteiger partial charge in [0.15, 0.2) is 0 Å². The minimum atomic E-state index is -0.394. The molecular formula is C12H10IN3O2. The summed E-state index contributed by atoms with van der Waals surface area (Å²) in [6, 6.07) is 8.62. The van der Waals surface area contributed by atoms with E-state index in [2.05, 4.69) is 32.9 Å². The fourth-order valence-corrected chi connectivity index (χ4v) is 2.15. The quantitative estimate of drug-likeness (QED) is 0.520. The van der Waals surface area contributed by atoms with Gasteiger partial charge in [-0.25, -0.2) is 0 Å². The summed E-state index contributed by atoms with van der Waals surface area (Å²) in [6.07, 6.45) is 3.47. The second kappa shape index (κ2) is 5.76. The summed E-state index contributed by atoms with van der Waals surface area (Å²) in [5.41, 5.74) is 2.10. The molecule has 5 nitrogen and oxygen atoms in total. The highest BCUT2D eigenvalue weighted by atomic mass is 127. The van der Waals surface area contributed by atoms with Gasteiger partial charge in [-0.3, -0.25) is 15.1 Å². The molecule has 0 radical (unpaired) electrons. The maximum atomic E-state index is 10.6. The Hall–Kier alpha value is -1.70. The molecule has 0 saturated carbocycles. The predicted octanol–water partition coefficient (Wildman–Crippen LogP) is 3.21. The van der Waals surface area contributed by atoms with E-state index in [0.29, 0.717) is 6.54 Å². The Kier molecular flexibility index (Phi) is 4.08. The molecule has 2 rings (SSSR count). The molecular weight excluding hydrogens is 345 g/mol. The highest BCUT2D eigenvalue weighted by Crippen LogP contribution is 2.24. The largest absolute Gasteiger partial charge is 0.380 e. The fourth-order valence-electron chi connectivity index (χ4n) is 1.46. The van der Waals surface area contributed by atoms with Crippen LogP contribution in [-0.2, 0) is 6.54 Å². The van der Waals surface area contributed by atoms with Gasteiger partial charge in [0, 0.05) is 40.3 Å². The van der Waals surface area contributed by atoms with Gasteiger partial charge in [-0.1, -0.05) is 0 Å². The highest BCUT2D eigenvalue weighted by molar-refractivity contribution is 14.1. The van der Waals surface area contributed by atoms with Crippen molar-refractivity contribution in [2.45, 2.75) is 6.54 Å². The molecule has 1 aromatic heterocycles. The van der Waals surface area contributed by atoms with Crippen molar-refractivity contribution in [1.29, 1.82) is 0 Å². The van der Waals surface area contributed by atoms with Gasteiger partial charge in [-0.15, -0.1) is 0 Å². The molecule has 0 aliphatic rings. The Morgan fingerprint density at radius 2 is 2.00 bits per heavy atom. The lowest BCUT2D eigenvalue weighted by Crippen LogP contribution is -2.01. The molecule has 0 aliphatic heterocycles. The number of nitrogens with one attached hydrogen (secondary N) is 1. The van der Waals surface area contributed by atoms with Crippen molar-refractivity contribution in [3.05, 3.63) is 62.0 Å². The third-order valence-corrected chi connectivity index (χ3v) is 3.29. The van der Waals surface area contributed by atoms with E-state index in [1.165, 1.54) is 6.07 Å². The minimum absolute atomic E-state index is 0.105. The van der Waals surface area contributed by atoms with Gasteiger partial charge in [-0.2, -0.15) is 0 Å². The maximum absolute atomic E-state index is 10.6. The van der Waals surface area contributed by atoms with Gasteiger partial charge in [0.05, 0.1) is 4.92 Å². The number of benzene rings is 1. The summed E-state index contributed by atoms with van der Waals surface area (Å²) in [5, 5.41) is 13.9. The molecule has 0 aliphatic carbocycles. The van der Waals surface area contributed by atoms with E-state index >= 15 is 0 Å². The Morgan fingerprint density at radius 3 is 2.61 bits per heavy atom. The molecule has 6 heteroatoms. The monoisotopic (exact) mass is 355 g/mol. The molecule has 0 fully saturated rings. The second-order valence-corrected chi connectivity index (χ2v) is 4.79. The minimum Gasteiger partial charge on any atom is -0.380 e. The topological polar surface area (TPSA) is 68.1 Å². The number of rotatable bonds is 4. The fraction of sp³-hybridized carbons (Fsp3) is 0.0833. The van der Waals surface area contributed by atoms with Gasteiger partial charge < -0.3 is 5.32 Å². The van der Waals surface area contributed by atoms with Gasteiger partial charge >= 0.3 is 0 Å². The number of aromatic nitrogens is 1. The standard InChI is InChI=1S/C12H10IN3O2/c13-11-7-10(16(17)18)1-2-12(11)15-8-9-3-5-14-6-4-9/h1-7,15H,8H2. The number of nitro groups is 1. The first-order valence-corrected chi connectivity index (χ1v) is 6.31. The van der Waals surface area contributed by atoms with Crippen molar-refractivity contribution in [2.75, 3.05) is 5.32 Å². The molecule has 1 N–H and O–H groups in total. The van der Waals surface area contributed by atoms with Crippen LogP contribution in [0.2, 0.25) is 0 Å². The van der Waals surface area contributed by atoms with Crippen LogP contribution in [0.15, 0.2) is 42.7 Å². The van der Waals surface area contributed by atoms with Crippen molar-refractivity contribution < 1.29 is 4.92 Å². The van der Waals surface area contributed by atoms with Crippen LogP contribution in [0.25, 0.3) is 0 Å². The van der Waals surface area contributed by atoms with E-state index in [0.717, 1.165) is 14.8 Å². The van der Waals surface area contributed by atoms with E-state index in [9.17, 15) is 10.1 Å². The van der Waals surface area contributed by atoms with Crippen LogP contribution in [0.1, 0.15) is 5.56 Å². The van der Waals surface area contributed by atoms with Crippen LogP contribution in [0.3, 0.4) is 0 Å². The van der Waals surface area contributed by atoms with Crippen molar-refractivity contribution in [3.63, 3.8) is 0 Å². The van der Waals surface area contributed by atoms with E-state index < -0.39 is 4.92 Å². The lowest BCUT2D eigenvalue weighted by atomic mass is 10.2. The number of halogens is 1. The summed E-state index contributed by atoms with van der Waals surface area (Å²) in [7, 11) is 0. The van der Waals surface area contributed by atoms with Gasteiger partial charge in [-0.05, 0) is 46.4 Å². The first kappa shape index (κ1) is 12.7. The number of hydrogen-bond donors (Lipinski definition) is 1. The molecule has 1 aromatic carbocycles. The van der Waals surface area contributed by atoms with Gasteiger partial charge in [0.25, 0.3) is 5.69 Å². The van der Waals surface area contributed by atoms with Crippen LogP contribution >= 0.6 is 22.6 Å². The number of non-ortho nitro benzene ring substituents is 1. The Morgan fingerprint density at radius 1 is 1.28 bits per heavy atom. The van der Waals surface area contributed by atoms with Crippen molar-refractivity contribution >= 4 is 34.0 Å². The third-order valence-electron chi connectivity index (χ3n) is 2.40. The molecule has 0 amide bonds. The number of hydrogen-bond acceptors (Lipinski definition) is 4. The molecule has 1 heterocycles. The zero-order valence-corrected chi connectivity index (χ0v) is 11.5. The summed E-state index contributed by atoms with van der Waals surface area (Å²) >= 11 is 2.08. The third kappa shape index (κ3) is 3.16. The van der Waals surface area contributed by atoms with E-state index in [-0.39, 0.29) is 5.69 Å². The predicted molar refractivity (Wildman–Crippen MR) is 77.4 cm³/mol. The molecule has 0 unspecified atom stereocenters. The van der Waals surface area contributed by atoms with Crippen LogP contribution in [0.4, 0.5) is 11.4 Å². The van der Waals surface area contributed by atoms with E-state index in [1.54, 1.807) is 24.5 Å². The number of anilines is 1. The van der Waals surface area contributed by atoms with E-state index in [1.807, 2.05) is 12.1 Å². The molecule has 18 heavy (non-hydrogen) atoms. The van der Waals surface area contributed by atoms with Gasteiger partial charge in [0.1, 0.15) is 0 Å². The summed E-state index contributed by atoms with van der Waals surface area (Å²) in [5.74, 6) is 0. The average molecular weight is 355 g/mol. The van der Waals surface area contributed by atoms with Crippen LogP contribution in [0.5, 0.6) is 0 Å². The summed E-state index contributed by atoms with van der Waals surface area (Å²) in [4.78, 5) is 14.2. The Bertz CT molecular complexity index is 561. The molecule has 0 saturated heterocycles. The SMILES string of the molecule is O=[N+]([O-])c1ccc(NCc2ccncc2)c(I)c1. The number of pyridine rings is 1. The van der Waals surface area contributed by atoms with Crippen LogP contribution in [-0.4, -0.2) is 9.91 Å². The lowest BCUT2D eigenvalue weighted by Gasteiger charge is -2.08. The Balaban J connectivity index is 2.08. The zero-order valence-electron chi connectivity index (χ0n) is 9.34. The molecule has 92 valence electrons. The zero-order chi connectivity index (χ0) is 13.0. The normalized spacial score (nSPS) is 10.1. The van der Waals surface area contributed by atoms with Crippen LogP contribution < -0.4 is 5.32 Å². The van der Waals surface area contributed by atoms with Crippen molar-refractivity contribution in [3.8, 4) is 0 Å².